The van der Waals surface area contributed by atoms with Gasteiger partial charge in [0.05, 0.1) is 23.8 Å². The van der Waals surface area contributed by atoms with Gasteiger partial charge in [0.2, 0.25) is 0 Å². The molecule has 1 heterocycles. The van der Waals surface area contributed by atoms with Crippen LogP contribution in [-0.4, -0.2) is 18.3 Å². The number of hydrogen-bond donors (Lipinski definition) is 2. The van der Waals surface area contributed by atoms with Crippen LogP contribution in [0, 0.1) is 0 Å². The molecule has 0 saturated heterocycles. The zero-order chi connectivity index (χ0) is 14.2. The molecule has 0 amide bonds. The Bertz CT molecular complexity index is 512. The number of phenols is 1. The van der Waals surface area contributed by atoms with Gasteiger partial charge in [-0.25, -0.2) is 0 Å². The third-order valence-electron chi connectivity index (χ3n) is 4.21. The molecule has 0 atom stereocenters. The zero-order valence-electron chi connectivity index (χ0n) is 11.5. The van der Waals surface area contributed by atoms with E-state index in [0.717, 1.165) is 32.1 Å². The lowest BCUT2D eigenvalue weighted by atomic mass is 9.76. The van der Waals surface area contributed by atoms with E-state index in [9.17, 15) is 5.11 Å². The van der Waals surface area contributed by atoms with Gasteiger partial charge in [0.15, 0.2) is 11.5 Å². The average Bonchev–Trinajstić information content (AvgIpc) is 2.65. The van der Waals surface area contributed by atoms with Crippen LogP contribution in [0.5, 0.6) is 17.2 Å². The van der Waals surface area contributed by atoms with Crippen molar-refractivity contribution >= 4 is 11.6 Å². The summed E-state index contributed by atoms with van der Waals surface area (Å²) in [5.74, 6) is 1.21. The molecule has 1 aromatic carbocycles. The molecular weight excluding hydrogens is 278 g/mol. The Balaban J connectivity index is 2.14. The van der Waals surface area contributed by atoms with E-state index in [0.29, 0.717) is 30.3 Å². The minimum atomic E-state index is -0.578. The standard InChI is InChI=1S/C15H20ClNO3/c16-10-9-11-14(20-8-4-7-19-11)12(13(10)18)15(17)5-2-1-3-6-15/h9,18H,1-8,17H2. The van der Waals surface area contributed by atoms with Crippen LogP contribution < -0.4 is 15.2 Å². The van der Waals surface area contributed by atoms with Gasteiger partial charge in [0, 0.05) is 18.0 Å². The molecule has 3 N–H and O–H groups in total. The maximum Gasteiger partial charge on any atom is 0.170 e. The number of nitrogens with two attached hydrogens (primary N) is 1. The van der Waals surface area contributed by atoms with Gasteiger partial charge >= 0.3 is 0 Å². The number of halogens is 1. The quantitative estimate of drug-likeness (QED) is 0.834. The Morgan fingerprint density at radius 2 is 1.80 bits per heavy atom. The summed E-state index contributed by atoms with van der Waals surface area (Å²) in [6, 6.07) is 1.62. The lowest BCUT2D eigenvalue weighted by Crippen LogP contribution is -2.39. The van der Waals surface area contributed by atoms with Gasteiger partial charge in [-0.3, -0.25) is 0 Å². The predicted molar refractivity (Wildman–Crippen MR) is 77.7 cm³/mol. The van der Waals surface area contributed by atoms with Crippen molar-refractivity contribution in [2.75, 3.05) is 13.2 Å². The van der Waals surface area contributed by atoms with Crippen molar-refractivity contribution in [2.45, 2.75) is 44.1 Å². The van der Waals surface area contributed by atoms with E-state index in [1.54, 1.807) is 6.07 Å². The Kier molecular flexibility index (Phi) is 3.69. The molecule has 5 heteroatoms. The van der Waals surface area contributed by atoms with Crippen molar-refractivity contribution < 1.29 is 14.6 Å². The smallest absolute Gasteiger partial charge is 0.170 e. The minimum absolute atomic E-state index is 0.0420. The summed E-state index contributed by atoms with van der Waals surface area (Å²) >= 11 is 6.14. The van der Waals surface area contributed by atoms with Gasteiger partial charge in [-0.05, 0) is 12.8 Å². The van der Waals surface area contributed by atoms with Crippen LogP contribution >= 0.6 is 11.6 Å². The van der Waals surface area contributed by atoms with Crippen LogP contribution in [-0.2, 0) is 5.54 Å². The van der Waals surface area contributed by atoms with Gasteiger partial charge in [0.25, 0.3) is 0 Å². The molecule has 0 radical (unpaired) electrons. The fraction of sp³-hybridized carbons (Fsp3) is 0.600. The second kappa shape index (κ2) is 5.34. The summed E-state index contributed by atoms with van der Waals surface area (Å²) in [5, 5.41) is 10.7. The van der Waals surface area contributed by atoms with Crippen molar-refractivity contribution in [1.29, 1.82) is 0 Å². The molecule has 1 aliphatic heterocycles. The summed E-state index contributed by atoms with van der Waals surface area (Å²) in [7, 11) is 0. The van der Waals surface area contributed by atoms with Crippen molar-refractivity contribution in [2.24, 2.45) is 5.73 Å². The van der Waals surface area contributed by atoms with Gasteiger partial charge in [-0.2, -0.15) is 0 Å². The highest BCUT2D eigenvalue weighted by atomic mass is 35.5. The zero-order valence-corrected chi connectivity index (χ0v) is 12.2. The highest BCUT2D eigenvalue weighted by molar-refractivity contribution is 6.32. The summed E-state index contributed by atoms with van der Waals surface area (Å²) in [6.45, 7) is 1.16. The van der Waals surface area contributed by atoms with Gasteiger partial charge < -0.3 is 20.3 Å². The number of aromatic hydroxyl groups is 1. The molecule has 1 saturated carbocycles. The molecule has 2 aliphatic rings. The Hall–Kier alpha value is -1.13. The first-order valence-electron chi connectivity index (χ1n) is 7.22. The average molecular weight is 298 g/mol. The van der Waals surface area contributed by atoms with E-state index in [2.05, 4.69) is 0 Å². The molecule has 20 heavy (non-hydrogen) atoms. The molecule has 3 rings (SSSR count). The van der Waals surface area contributed by atoms with Crippen LogP contribution in [0.25, 0.3) is 0 Å². The highest BCUT2D eigenvalue weighted by Crippen LogP contribution is 2.51. The van der Waals surface area contributed by atoms with E-state index in [4.69, 9.17) is 26.8 Å². The first kappa shape index (κ1) is 13.8. The van der Waals surface area contributed by atoms with Crippen LogP contribution in [0.1, 0.15) is 44.1 Å². The number of benzene rings is 1. The fourth-order valence-corrected chi connectivity index (χ4v) is 3.35. The second-order valence-corrected chi connectivity index (χ2v) is 6.08. The van der Waals surface area contributed by atoms with Crippen LogP contribution in [0.3, 0.4) is 0 Å². The Morgan fingerprint density at radius 3 is 2.55 bits per heavy atom. The fourth-order valence-electron chi connectivity index (χ4n) is 3.16. The Morgan fingerprint density at radius 1 is 1.10 bits per heavy atom. The molecule has 0 bridgehead atoms. The Labute approximate surface area is 123 Å². The van der Waals surface area contributed by atoms with Crippen molar-refractivity contribution in [3.63, 3.8) is 0 Å². The first-order chi connectivity index (χ1) is 9.62. The van der Waals surface area contributed by atoms with Crippen LogP contribution in [0.2, 0.25) is 5.02 Å². The summed E-state index contributed by atoms with van der Waals surface area (Å²) in [6.07, 6.45) is 5.76. The third-order valence-corrected chi connectivity index (χ3v) is 4.50. The molecule has 4 nitrogen and oxygen atoms in total. The third kappa shape index (κ3) is 2.31. The maximum absolute atomic E-state index is 10.4. The lowest BCUT2D eigenvalue weighted by molar-refractivity contribution is 0.264. The minimum Gasteiger partial charge on any atom is -0.506 e. The number of hydrogen-bond acceptors (Lipinski definition) is 4. The van der Waals surface area contributed by atoms with E-state index in [1.807, 2.05) is 0 Å². The molecule has 0 unspecified atom stereocenters. The van der Waals surface area contributed by atoms with Crippen molar-refractivity contribution in [1.82, 2.24) is 0 Å². The molecule has 1 fully saturated rings. The van der Waals surface area contributed by atoms with Gasteiger partial charge in [0.1, 0.15) is 5.75 Å². The molecule has 1 aromatic rings. The number of rotatable bonds is 1. The number of phenolic OH excluding ortho intramolecular Hbond substituents is 1. The largest absolute Gasteiger partial charge is 0.506 e. The summed E-state index contributed by atoms with van der Waals surface area (Å²) in [5.41, 5.74) is 6.62. The van der Waals surface area contributed by atoms with Gasteiger partial charge in [-0.15, -0.1) is 0 Å². The van der Waals surface area contributed by atoms with Crippen molar-refractivity contribution in [3.8, 4) is 17.2 Å². The normalized spacial score (nSPS) is 21.3. The van der Waals surface area contributed by atoms with E-state index < -0.39 is 5.54 Å². The molecular formula is C15H20ClNO3. The molecule has 1 aliphatic carbocycles. The monoisotopic (exact) mass is 297 g/mol. The number of fused-ring (bicyclic) bond motifs is 1. The topological polar surface area (TPSA) is 64.7 Å². The lowest BCUT2D eigenvalue weighted by Gasteiger charge is -2.35. The van der Waals surface area contributed by atoms with E-state index in [-0.39, 0.29) is 10.8 Å². The summed E-state index contributed by atoms with van der Waals surface area (Å²) in [4.78, 5) is 0. The predicted octanol–water partition coefficient (Wildman–Crippen LogP) is 3.33. The van der Waals surface area contributed by atoms with E-state index in [1.165, 1.54) is 6.42 Å². The SMILES string of the molecule is NC1(c2c(O)c(Cl)cc3c2OCCCO3)CCCCC1. The number of ether oxygens (including phenoxy) is 2. The van der Waals surface area contributed by atoms with E-state index >= 15 is 0 Å². The van der Waals surface area contributed by atoms with Crippen LogP contribution in [0.4, 0.5) is 0 Å². The summed E-state index contributed by atoms with van der Waals surface area (Å²) < 4.78 is 11.5. The van der Waals surface area contributed by atoms with Crippen molar-refractivity contribution in [3.05, 3.63) is 16.7 Å². The molecule has 0 spiro atoms. The second-order valence-electron chi connectivity index (χ2n) is 5.68. The van der Waals surface area contributed by atoms with Gasteiger partial charge in [-0.1, -0.05) is 30.9 Å². The molecule has 0 aromatic heterocycles. The maximum atomic E-state index is 10.4. The molecule has 110 valence electrons. The van der Waals surface area contributed by atoms with Crippen LogP contribution in [0.15, 0.2) is 6.07 Å². The highest BCUT2D eigenvalue weighted by Gasteiger charge is 2.37. The first-order valence-corrected chi connectivity index (χ1v) is 7.60.